The number of halogens is 1. The van der Waals surface area contributed by atoms with E-state index in [9.17, 15) is 4.79 Å². The summed E-state index contributed by atoms with van der Waals surface area (Å²) >= 11 is 5.94. The highest BCUT2D eigenvalue weighted by Gasteiger charge is 2.16. The topological polar surface area (TPSA) is 99.9 Å². The minimum atomic E-state index is -0.806. The number of hydrogen-bond acceptors (Lipinski definition) is 6. The van der Waals surface area contributed by atoms with E-state index in [0.29, 0.717) is 22.1 Å². The average molecular weight is 372 g/mol. The summed E-state index contributed by atoms with van der Waals surface area (Å²) in [7, 11) is 1.48. The van der Waals surface area contributed by atoms with Crippen molar-refractivity contribution in [2.45, 2.75) is 0 Å². The van der Waals surface area contributed by atoms with Crippen molar-refractivity contribution in [3.8, 4) is 17.1 Å². The van der Waals surface area contributed by atoms with Gasteiger partial charge in [-0.15, -0.1) is 0 Å². The van der Waals surface area contributed by atoms with Crippen LogP contribution in [0.15, 0.2) is 64.3 Å². The first-order valence-corrected chi connectivity index (χ1v) is 7.87. The molecule has 1 heterocycles. The van der Waals surface area contributed by atoms with E-state index < -0.39 is 5.97 Å². The second kappa shape index (κ2) is 7.71. The number of nitrogens with zero attached hydrogens (tertiary/aromatic N) is 2. The number of carbonyl (C=O) groups is 1. The Balaban J connectivity index is 1.75. The van der Waals surface area contributed by atoms with Crippen LogP contribution in [-0.2, 0) is 4.84 Å². The van der Waals surface area contributed by atoms with Crippen LogP contribution in [0.4, 0.5) is 0 Å². The summed E-state index contributed by atoms with van der Waals surface area (Å²) in [6.07, 6.45) is 0. The van der Waals surface area contributed by atoms with Crippen LogP contribution >= 0.6 is 11.6 Å². The fraction of sp³-hybridized carbons (Fsp3) is 0.0556. The van der Waals surface area contributed by atoms with E-state index in [1.807, 2.05) is 30.3 Å². The highest BCUT2D eigenvalue weighted by Crippen LogP contribution is 2.23. The minimum absolute atomic E-state index is 0.0292. The summed E-state index contributed by atoms with van der Waals surface area (Å²) < 4.78 is 10.3. The third-order valence-electron chi connectivity index (χ3n) is 3.44. The molecule has 132 valence electrons. The summed E-state index contributed by atoms with van der Waals surface area (Å²) in [5.41, 5.74) is 7.01. The monoisotopic (exact) mass is 371 g/mol. The number of rotatable bonds is 5. The summed E-state index contributed by atoms with van der Waals surface area (Å²) in [5, 5.41) is 7.75. The first-order chi connectivity index (χ1) is 12.6. The van der Waals surface area contributed by atoms with E-state index in [4.69, 9.17) is 31.4 Å². The van der Waals surface area contributed by atoms with Crippen molar-refractivity contribution >= 4 is 23.4 Å². The van der Waals surface area contributed by atoms with Crippen molar-refractivity contribution in [2.24, 2.45) is 10.9 Å². The van der Waals surface area contributed by atoms with E-state index in [-0.39, 0.29) is 11.5 Å². The molecular weight excluding hydrogens is 358 g/mol. The summed E-state index contributed by atoms with van der Waals surface area (Å²) in [6, 6.07) is 15.5. The molecule has 0 fully saturated rings. The lowest BCUT2D eigenvalue weighted by Gasteiger charge is -2.07. The molecule has 0 aliphatic rings. The number of nitrogens with two attached hydrogens (primary N) is 1. The van der Waals surface area contributed by atoms with Gasteiger partial charge in [0.05, 0.1) is 12.7 Å². The van der Waals surface area contributed by atoms with Crippen LogP contribution in [0.2, 0.25) is 5.02 Å². The maximum Gasteiger partial charge on any atom is 0.387 e. The molecule has 0 radical (unpaired) electrons. The van der Waals surface area contributed by atoms with Gasteiger partial charge < -0.3 is 19.8 Å². The fourth-order valence-electron chi connectivity index (χ4n) is 2.18. The SMILES string of the molecule is COc1ccc(Cl)cc1/C(N)=N/OC(=O)c1cc(-c2ccccc2)on1. The Hall–Kier alpha value is -3.32. The van der Waals surface area contributed by atoms with Crippen molar-refractivity contribution in [1.82, 2.24) is 5.16 Å². The van der Waals surface area contributed by atoms with Crippen molar-refractivity contribution in [3.05, 3.63) is 70.9 Å². The van der Waals surface area contributed by atoms with Gasteiger partial charge in [0.1, 0.15) is 5.75 Å². The van der Waals surface area contributed by atoms with Crippen molar-refractivity contribution in [2.75, 3.05) is 7.11 Å². The second-order valence-electron chi connectivity index (χ2n) is 5.14. The second-order valence-corrected chi connectivity index (χ2v) is 5.58. The Morgan fingerprint density at radius 3 is 2.69 bits per heavy atom. The lowest BCUT2D eigenvalue weighted by Crippen LogP contribution is -2.16. The molecule has 1 aromatic heterocycles. The first kappa shape index (κ1) is 17.5. The first-order valence-electron chi connectivity index (χ1n) is 7.49. The Morgan fingerprint density at radius 2 is 1.96 bits per heavy atom. The highest BCUT2D eigenvalue weighted by atomic mass is 35.5. The number of aromatic nitrogens is 1. The Kier molecular flexibility index (Phi) is 5.19. The average Bonchev–Trinajstić information content (AvgIpc) is 3.17. The molecule has 8 heteroatoms. The molecule has 0 aliphatic heterocycles. The summed E-state index contributed by atoms with van der Waals surface area (Å²) in [4.78, 5) is 16.9. The Morgan fingerprint density at radius 1 is 1.19 bits per heavy atom. The van der Waals surface area contributed by atoms with Crippen molar-refractivity contribution in [3.63, 3.8) is 0 Å². The zero-order chi connectivity index (χ0) is 18.5. The van der Waals surface area contributed by atoms with E-state index in [1.165, 1.54) is 13.2 Å². The van der Waals surface area contributed by atoms with Gasteiger partial charge in [0.2, 0.25) is 0 Å². The molecule has 0 aliphatic carbocycles. The Bertz CT molecular complexity index is 954. The maximum atomic E-state index is 12.1. The molecule has 7 nitrogen and oxygen atoms in total. The van der Waals surface area contributed by atoms with Gasteiger partial charge in [-0.1, -0.05) is 52.2 Å². The zero-order valence-corrected chi connectivity index (χ0v) is 14.4. The molecule has 0 unspecified atom stereocenters. The number of methoxy groups -OCH3 is 1. The van der Waals surface area contributed by atoms with Crippen LogP contribution in [0.25, 0.3) is 11.3 Å². The van der Waals surface area contributed by atoms with Crippen molar-refractivity contribution in [1.29, 1.82) is 0 Å². The predicted octanol–water partition coefficient (Wildman–Crippen LogP) is 3.48. The van der Waals surface area contributed by atoms with Gasteiger partial charge in [-0.25, -0.2) is 4.79 Å². The molecule has 0 bridgehead atoms. The van der Waals surface area contributed by atoms with Crippen LogP contribution in [0, 0.1) is 0 Å². The maximum absolute atomic E-state index is 12.1. The van der Waals surface area contributed by atoms with Gasteiger partial charge in [-0.05, 0) is 18.2 Å². The molecule has 0 saturated heterocycles. The lowest BCUT2D eigenvalue weighted by atomic mass is 10.2. The number of benzene rings is 2. The summed E-state index contributed by atoms with van der Waals surface area (Å²) in [6.45, 7) is 0. The molecular formula is C18H14ClN3O4. The summed E-state index contributed by atoms with van der Waals surface area (Å²) in [5.74, 6) is 0.00913. The van der Waals surface area contributed by atoms with Crippen LogP contribution < -0.4 is 10.5 Å². The fourth-order valence-corrected chi connectivity index (χ4v) is 2.35. The predicted molar refractivity (Wildman–Crippen MR) is 96.1 cm³/mol. The molecule has 0 amide bonds. The number of oxime groups is 1. The quantitative estimate of drug-likeness (QED) is 0.319. The number of amidine groups is 1. The molecule has 2 N–H and O–H groups in total. The number of hydrogen-bond donors (Lipinski definition) is 1. The van der Waals surface area contributed by atoms with Gasteiger partial charge in [0.15, 0.2) is 17.3 Å². The molecule has 26 heavy (non-hydrogen) atoms. The molecule has 2 aromatic carbocycles. The minimum Gasteiger partial charge on any atom is -0.496 e. The normalized spacial score (nSPS) is 11.2. The van der Waals surface area contributed by atoms with E-state index >= 15 is 0 Å². The third-order valence-corrected chi connectivity index (χ3v) is 3.68. The third kappa shape index (κ3) is 3.84. The van der Waals surface area contributed by atoms with Gasteiger partial charge in [-0.2, -0.15) is 0 Å². The number of ether oxygens (including phenoxy) is 1. The van der Waals surface area contributed by atoms with Crippen LogP contribution in [0.1, 0.15) is 16.1 Å². The largest absolute Gasteiger partial charge is 0.496 e. The standard InChI is InChI=1S/C18H14ClN3O4/c1-24-15-8-7-12(19)9-13(15)17(20)22-26-18(23)14-10-16(25-21-14)11-5-3-2-4-6-11/h2-10H,1H3,(H2,20,22). The van der Waals surface area contributed by atoms with Gasteiger partial charge in [0, 0.05) is 16.7 Å². The smallest absolute Gasteiger partial charge is 0.387 e. The van der Waals surface area contributed by atoms with Crippen LogP contribution in [0.3, 0.4) is 0 Å². The molecule has 3 aromatic rings. The Labute approximate surface area is 153 Å². The molecule has 3 rings (SSSR count). The van der Waals surface area contributed by atoms with E-state index in [1.54, 1.807) is 18.2 Å². The van der Waals surface area contributed by atoms with Gasteiger partial charge in [0.25, 0.3) is 0 Å². The lowest BCUT2D eigenvalue weighted by molar-refractivity contribution is 0.0504. The molecule has 0 saturated carbocycles. The van der Waals surface area contributed by atoms with E-state index in [2.05, 4.69) is 10.3 Å². The zero-order valence-electron chi connectivity index (χ0n) is 13.7. The molecule has 0 spiro atoms. The van der Waals surface area contributed by atoms with Gasteiger partial charge in [-0.3, -0.25) is 0 Å². The van der Waals surface area contributed by atoms with E-state index in [0.717, 1.165) is 5.56 Å². The van der Waals surface area contributed by atoms with Gasteiger partial charge >= 0.3 is 5.97 Å². The molecule has 0 atom stereocenters. The van der Waals surface area contributed by atoms with Crippen molar-refractivity contribution < 1.29 is 18.9 Å². The van der Waals surface area contributed by atoms with Crippen LogP contribution in [0.5, 0.6) is 5.75 Å². The number of carbonyl (C=O) groups excluding carboxylic acids is 1. The van der Waals surface area contributed by atoms with Crippen LogP contribution in [-0.4, -0.2) is 24.1 Å². The highest BCUT2D eigenvalue weighted by molar-refractivity contribution is 6.31.